The van der Waals surface area contributed by atoms with Crippen molar-refractivity contribution in [1.29, 1.82) is 0 Å². The van der Waals surface area contributed by atoms with Crippen molar-refractivity contribution in [3.63, 3.8) is 0 Å². The molecule has 1 saturated carbocycles. The van der Waals surface area contributed by atoms with Crippen LogP contribution in [-0.2, 0) is 19.1 Å². The lowest BCUT2D eigenvalue weighted by molar-refractivity contribution is -0.159. The summed E-state index contributed by atoms with van der Waals surface area (Å²) in [4.78, 5) is 48.4. The minimum absolute atomic E-state index is 0.0872. The van der Waals surface area contributed by atoms with Crippen molar-refractivity contribution in [3.8, 4) is 0 Å². The fraction of sp³-hybridized carbons (Fsp3) is 0.774. The molecule has 3 aliphatic heterocycles. The van der Waals surface area contributed by atoms with E-state index in [4.69, 9.17) is 4.74 Å². The smallest absolute Gasteiger partial charge is 0.248 e. The molecule has 1 aliphatic carbocycles. The van der Waals surface area contributed by atoms with Crippen LogP contribution in [0.5, 0.6) is 0 Å². The van der Waals surface area contributed by atoms with Crippen LogP contribution in [0.3, 0.4) is 0 Å². The highest BCUT2D eigenvalue weighted by Crippen LogP contribution is 2.65. The van der Waals surface area contributed by atoms with E-state index < -0.39 is 35.1 Å². The largest absolute Gasteiger partial charge is 0.394 e. The molecule has 0 aromatic rings. The highest BCUT2D eigenvalue weighted by Gasteiger charge is 2.79. The molecule has 8 nitrogen and oxygen atoms in total. The summed E-state index contributed by atoms with van der Waals surface area (Å²) >= 11 is 0. The maximum Gasteiger partial charge on any atom is 0.248 e. The quantitative estimate of drug-likeness (QED) is 0.380. The van der Waals surface area contributed by atoms with Gasteiger partial charge in [0.05, 0.1) is 30.1 Å². The van der Waals surface area contributed by atoms with E-state index in [0.29, 0.717) is 38.8 Å². The van der Waals surface area contributed by atoms with Crippen molar-refractivity contribution in [3.05, 3.63) is 25.3 Å². The zero-order chi connectivity index (χ0) is 28.5. The molecule has 39 heavy (non-hydrogen) atoms. The van der Waals surface area contributed by atoms with Crippen LogP contribution >= 0.6 is 0 Å². The second kappa shape index (κ2) is 11.7. The van der Waals surface area contributed by atoms with E-state index in [9.17, 15) is 19.5 Å². The Morgan fingerprint density at radius 1 is 1.13 bits per heavy atom. The number of likely N-dealkylation sites (N-methyl/N-ethyl adjacent to an activating group) is 1. The first-order valence-electron chi connectivity index (χ1n) is 15.0. The lowest BCUT2D eigenvalue weighted by Crippen LogP contribution is -2.60. The fourth-order valence-corrected chi connectivity index (χ4v) is 8.15. The number of fused-ring (bicyclic) bond motifs is 1. The molecule has 1 N–H and O–H groups in total. The van der Waals surface area contributed by atoms with E-state index in [1.54, 1.807) is 29.0 Å². The van der Waals surface area contributed by atoms with Gasteiger partial charge in [-0.05, 0) is 44.4 Å². The lowest BCUT2D eigenvalue weighted by atomic mass is 9.64. The van der Waals surface area contributed by atoms with E-state index in [-0.39, 0.29) is 36.3 Å². The van der Waals surface area contributed by atoms with Gasteiger partial charge in [0.15, 0.2) is 0 Å². The molecule has 2 unspecified atom stereocenters. The number of nitrogens with zero attached hydrogens (tertiary/aromatic N) is 3. The molecule has 218 valence electrons. The van der Waals surface area contributed by atoms with Crippen molar-refractivity contribution < 1.29 is 24.2 Å². The van der Waals surface area contributed by atoms with Gasteiger partial charge in [-0.2, -0.15) is 0 Å². The third-order valence-corrected chi connectivity index (χ3v) is 9.87. The molecule has 0 radical (unpaired) electrons. The monoisotopic (exact) mass is 543 g/mol. The van der Waals surface area contributed by atoms with Crippen LogP contribution in [0.1, 0.15) is 78.6 Å². The van der Waals surface area contributed by atoms with E-state index in [2.05, 4.69) is 27.0 Å². The first-order chi connectivity index (χ1) is 18.6. The Morgan fingerprint density at radius 2 is 1.79 bits per heavy atom. The van der Waals surface area contributed by atoms with Gasteiger partial charge < -0.3 is 24.5 Å². The van der Waals surface area contributed by atoms with E-state index in [0.717, 1.165) is 32.1 Å². The molecule has 6 atom stereocenters. The highest BCUT2D eigenvalue weighted by atomic mass is 16.5. The third kappa shape index (κ3) is 4.86. The molecule has 3 saturated heterocycles. The highest BCUT2D eigenvalue weighted by molar-refractivity contribution is 5.99. The van der Waals surface area contributed by atoms with Gasteiger partial charge >= 0.3 is 0 Å². The second-order valence-electron chi connectivity index (χ2n) is 12.6. The van der Waals surface area contributed by atoms with Crippen molar-refractivity contribution in [1.82, 2.24) is 14.7 Å². The third-order valence-electron chi connectivity index (χ3n) is 9.87. The first-order valence-corrected chi connectivity index (χ1v) is 15.0. The van der Waals surface area contributed by atoms with E-state index >= 15 is 0 Å². The number of rotatable bonds is 12. The van der Waals surface area contributed by atoms with Gasteiger partial charge in [-0.3, -0.25) is 14.4 Å². The van der Waals surface area contributed by atoms with Crippen LogP contribution in [0.15, 0.2) is 25.3 Å². The maximum atomic E-state index is 14.7. The number of amides is 3. The number of aliphatic hydroxyl groups is 1. The first kappa shape index (κ1) is 29.8. The van der Waals surface area contributed by atoms with Crippen molar-refractivity contribution in [2.75, 3.05) is 26.7 Å². The average Bonchev–Trinajstić information content (AvgIpc) is 3.53. The molecule has 4 fully saturated rings. The molecule has 4 rings (SSSR count). The molecule has 3 amide bonds. The average molecular weight is 544 g/mol. The molecule has 0 aromatic carbocycles. The summed E-state index contributed by atoms with van der Waals surface area (Å²) in [6.07, 6.45) is 10.9. The molecule has 8 heteroatoms. The van der Waals surface area contributed by atoms with Gasteiger partial charge in [-0.1, -0.05) is 52.2 Å². The Morgan fingerprint density at radius 3 is 2.36 bits per heavy atom. The van der Waals surface area contributed by atoms with Crippen LogP contribution < -0.4 is 0 Å². The normalized spacial score (nSPS) is 32.8. The standard InChI is InChI=1S/C31H49N3O5/c1-7-17-32(6)27(36)24-25-28(37)34(23(20-35)19-21(4)5)26(31(25)16-15-30(24,9-3)39-31)29(38)33(18-8-2)22-13-11-10-12-14-22/h7-8,21-26,35H,1-2,9-20H2,3-6H3/t23-,24-,25+,26?,30+,31?/m1/s1. The predicted octanol–water partition coefficient (Wildman–Crippen LogP) is 3.54. The summed E-state index contributed by atoms with van der Waals surface area (Å²) in [6, 6.07) is -1.31. The summed E-state index contributed by atoms with van der Waals surface area (Å²) in [7, 11) is 1.73. The van der Waals surface area contributed by atoms with Gasteiger partial charge in [0.2, 0.25) is 17.7 Å². The Labute approximate surface area is 234 Å². The van der Waals surface area contributed by atoms with Gasteiger partial charge in [0, 0.05) is 26.2 Å². The SMILES string of the molecule is C=CCN(C)C(=O)[C@H]1[C@H]2C(=O)N([C@@H](CO)CC(C)C)C(C(=O)N(CC=C)C3CCCCC3)C23CC[C@]1(CC)O3. The number of hydrogen-bond donors (Lipinski definition) is 1. The molecule has 0 aromatic heterocycles. The Kier molecular flexibility index (Phi) is 8.96. The van der Waals surface area contributed by atoms with Crippen LogP contribution in [0.2, 0.25) is 0 Å². The number of ether oxygens (including phenoxy) is 1. The summed E-state index contributed by atoms with van der Waals surface area (Å²) in [5.41, 5.74) is -1.86. The maximum absolute atomic E-state index is 14.7. The minimum Gasteiger partial charge on any atom is -0.394 e. The Bertz CT molecular complexity index is 962. The molecular weight excluding hydrogens is 494 g/mol. The van der Waals surface area contributed by atoms with Crippen LogP contribution in [0, 0.1) is 17.8 Å². The molecule has 2 bridgehead atoms. The molecule has 1 spiro atoms. The van der Waals surface area contributed by atoms with Crippen molar-refractivity contribution in [2.24, 2.45) is 17.8 Å². The summed E-state index contributed by atoms with van der Waals surface area (Å²) in [5.74, 6) is -1.70. The number of carbonyl (C=O) groups excluding carboxylic acids is 3. The number of carbonyl (C=O) groups is 3. The summed E-state index contributed by atoms with van der Waals surface area (Å²) in [5, 5.41) is 10.5. The van der Waals surface area contributed by atoms with Gasteiger partial charge in [0.25, 0.3) is 0 Å². The van der Waals surface area contributed by atoms with Crippen molar-refractivity contribution >= 4 is 17.7 Å². The summed E-state index contributed by atoms with van der Waals surface area (Å²) in [6.45, 7) is 14.4. The van der Waals surface area contributed by atoms with Gasteiger partial charge in [-0.15, -0.1) is 13.2 Å². The van der Waals surface area contributed by atoms with Crippen LogP contribution in [-0.4, -0.2) is 93.6 Å². The Hall–Kier alpha value is -2.19. The molecule has 4 aliphatic rings. The van der Waals surface area contributed by atoms with Crippen LogP contribution in [0.25, 0.3) is 0 Å². The topological polar surface area (TPSA) is 90.4 Å². The van der Waals surface area contributed by atoms with Gasteiger partial charge in [-0.25, -0.2) is 0 Å². The fourth-order valence-electron chi connectivity index (χ4n) is 8.15. The van der Waals surface area contributed by atoms with Gasteiger partial charge in [0.1, 0.15) is 11.6 Å². The minimum atomic E-state index is -1.09. The Balaban J connectivity index is 1.83. The summed E-state index contributed by atoms with van der Waals surface area (Å²) < 4.78 is 6.94. The van der Waals surface area contributed by atoms with E-state index in [1.165, 1.54) is 0 Å². The zero-order valence-corrected chi connectivity index (χ0v) is 24.4. The lowest BCUT2D eigenvalue weighted by Gasteiger charge is -2.42. The van der Waals surface area contributed by atoms with E-state index in [1.807, 2.05) is 11.8 Å². The number of hydrogen-bond acceptors (Lipinski definition) is 5. The number of likely N-dealkylation sites (tertiary alicyclic amines) is 1. The second-order valence-corrected chi connectivity index (χ2v) is 12.6. The zero-order valence-electron chi connectivity index (χ0n) is 24.4. The number of aliphatic hydroxyl groups excluding tert-OH is 1. The van der Waals surface area contributed by atoms with Crippen LogP contribution in [0.4, 0.5) is 0 Å². The molecule has 3 heterocycles. The van der Waals surface area contributed by atoms with Crippen molar-refractivity contribution in [2.45, 2.75) is 108 Å². The molecular formula is C31H49N3O5. The predicted molar refractivity (Wildman–Crippen MR) is 151 cm³/mol.